The molecule has 0 saturated heterocycles. The van der Waals surface area contributed by atoms with Crippen LogP contribution in [0.3, 0.4) is 0 Å². The number of rotatable bonds is 4. The maximum absolute atomic E-state index is 11.8. The van der Waals surface area contributed by atoms with Crippen molar-refractivity contribution in [2.45, 2.75) is 0 Å². The molecular weight excluding hydrogens is 316 g/mol. The lowest BCUT2D eigenvalue weighted by Gasteiger charge is -2.03. The number of phenols is 2. The van der Waals surface area contributed by atoms with Gasteiger partial charge in [-0.05, 0) is 48.0 Å². The topological polar surface area (TPSA) is 83.8 Å². The molecule has 110 valence electrons. The first kappa shape index (κ1) is 15.2. The third-order valence-corrected chi connectivity index (χ3v) is 3.60. The summed E-state index contributed by atoms with van der Waals surface area (Å²) in [5.41, 5.74) is 0.397. The summed E-state index contributed by atoms with van der Waals surface area (Å²) in [5.74, 6) is -0.488. The minimum Gasteiger partial charge on any atom is -0.504 e. The molecule has 2 N–H and O–H groups in total. The number of benzene rings is 2. The summed E-state index contributed by atoms with van der Waals surface area (Å²) in [4.78, 5) is 0. The Morgan fingerprint density at radius 3 is 2.29 bits per heavy atom. The summed E-state index contributed by atoms with van der Waals surface area (Å²) in [6.45, 7) is 0. The van der Waals surface area contributed by atoms with E-state index in [1.807, 2.05) is 0 Å². The second-order valence-electron chi connectivity index (χ2n) is 4.08. The average molecular weight is 327 g/mol. The lowest BCUT2D eigenvalue weighted by Crippen LogP contribution is -2.04. The Labute approximate surface area is 126 Å². The number of phenolic OH excluding ortho intramolecular Hbond substituents is 2. The maximum atomic E-state index is 11.8. The molecule has 0 saturated carbocycles. The summed E-state index contributed by atoms with van der Waals surface area (Å²) >= 11 is 5.69. The van der Waals surface area contributed by atoms with Gasteiger partial charge in [0.2, 0.25) is 0 Å². The van der Waals surface area contributed by atoms with Crippen molar-refractivity contribution in [3.8, 4) is 17.2 Å². The van der Waals surface area contributed by atoms with Crippen molar-refractivity contribution in [1.82, 2.24) is 0 Å². The van der Waals surface area contributed by atoms with E-state index in [4.69, 9.17) is 20.9 Å². The van der Waals surface area contributed by atoms with Crippen LogP contribution in [-0.4, -0.2) is 18.6 Å². The largest absolute Gasteiger partial charge is 0.504 e. The fraction of sp³-hybridized carbons (Fsp3) is 0. The van der Waals surface area contributed by atoms with Gasteiger partial charge in [-0.2, -0.15) is 8.42 Å². The van der Waals surface area contributed by atoms with Crippen LogP contribution in [0.4, 0.5) is 0 Å². The second kappa shape index (κ2) is 6.07. The molecule has 0 heterocycles. The second-order valence-corrected chi connectivity index (χ2v) is 5.94. The highest BCUT2D eigenvalue weighted by atomic mass is 35.5. The predicted molar refractivity (Wildman–Crippen MR) is 79.8 cm³/mol. The predicted octanol–water partition coefficient (Wildman–Crippen LogP) is 3.13. The molecule has 2 aromatic rings. The zero-order valence-corrected chi connectivity index (χ0v) is 12.2. The van der Waals surface area contributed by atoms with Gasteiger partial charge in [0.25, 0.3) is 0 Å². The molecule has 0 aliphatic carbocycles. The normalized spacial score (nSPS) is 11.7. The summed E-state index contributed by atoms with van der Waals surface area (Å²) in [7, 11) is -3.94. The molecule has 0 amide bonds. The summed E-state index contributed by atoms with van der Waals surface area (Å²) < 4.78 is 28.4. The first-order chi connectivity index (χ1) is 9.85. The number of halogens is 1. The van der Waals surface area contributed by atoms with E-state index < -0.39 is 10.1 Å². The molecule has 0 bridgehead atoms. The molecule has 0 radical (unpaired) electrons. The number of hydrogen-bond acceptors (Lipinski definition) is 5. The molecule has 0 spiro atoms. The lowest BCUT2D eigenvalue weighted by atomic mass is 10.2. The zero-order valence-electron chi connectivity index (χ0n) is 10.6. The van der Waals surface area contributed by atoms with Crippen LogP contribution in [-0.2, 0) is 10.1 Å². The van der Waals surface area contributed by atoms with Gasteiger partial charge in [0.15, 0.2) is 11.5 Å². The van der Waals surface area contributed by atoms with E-state index in [2.05, 4.69) is 0 Å². The minimum atomic E-state index is -3.94. The average Bonchev–Trinajstić information content (AvgIpc) is 2.43. The molecule has 21 heavy (non-hydrogen) atoms. The Hall–Kier alpha value is -2.18. The van der Waals surface area contributed by atoms with E-state index in [1.54, 1.807) is 0 Å². The van der Waals surface area contributed by atoms with Crippen molar-refractivity contribution in [3.63, 3.8) is 0 Å². The van der Waals surface area contributed by atoms with E-state index in [0.717, 1.165) is 5.41 Å². The van der Waals surface area contributed by atoms with Crippen molar-refractivity contribution in [2.75, 3.05) is 0 Å². The molecular formula is C14H11ClO5S. The molecule has 7 heteroatoms. The van der Waals surface area contributed by atoms with Gasteiger partial charge in [-0.25, -0.2) is 0 Å². The van der Waals surface area contributed by atoms with Gasteiger partial charge >= 0.3 is 10.1 Å². The third-order valence-electron chi connectivity index (χ3n) is 2.45. The molecule has 5 nitrogen and oxygen atoms in total. The van der Waals surface area contributed by atoms with Crippen LogP contribution in [0.15, 0.2) is 47.9 Å². The first-order valence-electron chi connectivity index (χ1n) is 5.76. The van der Waals surface area contributed by atoms with Crippen molar-refractivity contribution in [1.29, 1.82) is 0 Å². The molecule has 2 rings (SSSR count). The lowest BCUT2D eigenvalue weighted by molar-refractivity contribution is 0.403. The highest BCUT2D eigenvalue weighted by Crippen LogP contribution is 2.25. The monoisotopic (exact) mass is 326 g/mol. The van der Waals surface area contributed by atoms with Crippen molar-refractivity contribution < 1.29 is 22.8 Å². The van der Waals surface area contributed by atoms with Gasteiger partial charge < -0.3 is 14.4 Å². The van der Waals surface area contributed by atoms with Crippen LogP contribution in [0.25, 0.3) is 6.08 Å². The number of hydrogen-bond donors (Lipinski definition) is 2. The van der Waals surface area contributed by atoms with Gasteiger partial charge in [0.05, 0.1) is 5.41 Å². The van der Waals surface area contributed by atoms with E-state index >= 15 is 0 Å². The van der Waals surface area contributed by atoms with Crippen LogP contribution < -0.4 is 4.18 Å². The van der Waals surface area contributed by atoms with Crippen LogP contribution in [0.1, 0.15) is 5.56 Å². The highest BCUT2D eigenvalue weighted by molar-refractivity contribution is 7.90. The molecule has 0 fully saturated rings. The van der Waals surface area contributed by atoms with Gasteiger partial charge in [-0.3, -0.25) is 0 Å². The van der Waals surface area contributed by atoms with Crippen LogP contribution >= 0.6 is 11.6 Å². The summed E-state index contributed by atoms with van der Waals surface area (Å²) in [6.07, 6.45) is 1.24. The summed E-state index contributed by atoms with van der Waals surface area (Å²) in [5, 5.41) is 19.8. The molecule has 0 unspecified atom stereocenters. The Morgan fingerprint density at radius 1 is 1.00 bits per heavy atom. The fourth-order valence-electron chi connectivity index (χ4n) is 1.46. The van der Waals surface area contributed by atoms with E-state index in [-0.39, 0.29) is 17.2 Å². The first-order valence-corrected chi connectivity index (χ1v) is 7.61. The quantitative estimate of drug-likeness (QED) is 0.666. The van der Waals surface area contributed by atoms with Gasteiger partial charge in [-0.15, -0.1) is 0 Å². The Bertz CT molecular complexity index is 766. The van der Waals surface area contributed by atoms with Crippen molar-refractivity contribution >= 4 is 27.8 Å². The van der Waals surface area contributed by atoms with Gasteiger partial charge in [0.1, 0.15) is 5.75 Å². The Balaban J connectivity index is 2.14. The van der Waals surface area contributed by atoms with Gasteiger partial charge in [-0.1, -0.05) is 17.7 Å². The van der Waals surface area contributed by atoms with Gasteiger partial charge in [0, 0.05) is 5.02 Å². The van der Waals surface area contributed by atoms with E-state index in [1.165, 1.54) is 48.5 Å². The molecule has 0 aliphatic heterocycles. The Morgan fingerprint density at radius 2 is 1.67 bits per heavy atom. The van der Waals surface area contributed by atoms with Crippen molar-refractivity contribution in [2.24, 2.45) is 0 Å². The fourth-order valence-corrected chi connectivity index (χ4v) is 2.34. The maximum Gasteiger partial charge on any atom is 0.332 e. The standard InChI is InChI=1S/C14H11ClO5S/c15-11-2-4-12(5-3-11)20-21(18,19)8-7-10-1-6-13(16)14(17)9-10/h1-9,16-17H/b8-7+. The third kappa shape index (κ3) is 4.40. The van der Waals surface area contributed by atoms with Crippen LogP contribution in [0.2, 0.25) is 5.02 Å². The highest BCUT2D eigenvalue weighted by Gasteiger charge is 2.08. The smallest absolute Gasteiger partial charge is 0.332 e. The number of aromatic hydroxyl groups is 2. The minimum absolute atomic E-state index is 0.137. The van der Waals surface area contributed by atoms with Crippen molar-refractivity contribution in [3.05, 3.63) is 58.5 Å². The summed E-state index contributed by atoms with van der Waals surface area (Å²) in [6, 6.07) is 9.80. The van der Waals surface area contributed by atoms with E-state index in [9.17, 15) is 13.5 Å². The molecule has 0 atom stereocenters. The Kier molecular flexibility index (Phi) is 4.40. The SMILES string of the molecule is O=S(=O)(/C=C/c1ccc(O)c(O)c1)Oc1ccc(Cl)cc1. The van der Waals surface area contributed by atoms with E-state index in [0.29, 0.717) is 10.6 Å². The molecule has 0 aliphatic rings. The molecule has 2 aromatic carbocycles. The zero-order chi connectivity index (χ0) is 15.5. The van der Waals surface area contributed by atoms with Crippen LogP contribution in [0, 0.1) is 0 Å². The van der Waals surface area contributed by atoms with Crippen LogP contribution in [0.5, 0.6) is 17.2 Å². The molecule has 0 aromatic heterocycles.